The topological polar surface area (TPSA) is 46.6 Å². The lowest BCUT2D eigenvalue weighted by Gasteiger charge is -2.16. The normalized spacial score (nSPS) is 11.7. The number of rotatable bonds is 6. The molecular weight excluding hydrogens is 240 g/mol. The van der Waals surface area contributed by atoms with Gasteiger partial charge in [0, 0.05) is 0 Å². The van der Waals surface area contributed by atoms with Crippen molar-refractivity contribution in [2.45, 2.75) is 0 Å². The van der Waals surface area contributed by atoms with Crippen molar-refractivity contribution < 1.29 is 20.9 Å². The average molecular weight is 248 g/mol. The number of hydrogen-bond donors (Lipinski definition) is 0. The minimum atomic E-state index is -4.35. The average Bonchev–Trinajstić information content (AvgIpc) is 2.01. The predicted molar refractivity (Wildman–Crippen MR) is 47.9 cm³/mol. The molecule has 0 aromatic carbocycles. The van der Waals surface area contributed by atoms with Gasteiger partial charge in [-0.05, 0) is 0 Å². The van der Waals surface area contributed by atoms with E-state index in [4.69, 9.17) is 0 Å². The van der Waals surface area contributed by atoms with Crippen LogP contribution in [0.2, 0.25) is 0 Å². The van der Waals surface area contributed by atoms with Gasteiger partial charge < -0.3 is 0 Å². The van der Waals surface area contributed by atoms with Crippen LogP contribution in [0.1, 0.15) is 0 Å². The van der Waals surface area contributed by atoms with E-state index in [0.717, 1.165) is 0 Å². The van der Waals surface area contributed by atoms with Crippen LogP contribution in [-0.2, 0) is 14.0 Å². The van der Waals surface area contributed by atoms with Crippen LogP contribution in [0.3, 0.4) is 0 Å². The van der Waals surface area contributed by atoms with E-state index in [-0.39, 0.29) is 0 Å². The Morgan fingerprint density at radius 1 is 1.29 bits per heavy atom. The zero-order valence-electron chi connectivity index (χ0n) is 7.04. The van der Waals surface area contributed by atoms with Gasteiger partial charge in [-0.3, -0.25) is 0 Å². The molecule has 0 atom stereocenters. The van der Waals surface area contributed by atoms with E-state index in [1.165, 1.54) is 0 Å². The van der Waals surface area contributed by atoms with Crippen LogP contribution >= 0.6 is 11.9 Å². The fourth-order valence-electron chi connectivity index (χ4n) is 0.637. The highest BCUT2D eigenvalue weighted by Gasteiger charge is 2.24. The molecule has 82 valence electrons. The van der Waals surface area contributed by atoms with Crippen molar-refractivity contribution in [1.82, 2.24) is 4.31 Å². The molecule has 0 aliphatic heterocycles. The fraction of sp³-hybridized carbons (Fsp3) is 0.333. The maximum absolute atomic E-state index is 12.3. The molecular formula is C6H8ClF2NO3S. The Balaban J connectivity index is 4.72. The van der Waals surface area contributed by atoms with Crippen molar-refractivity contribution in [3.05, 3.63) is 24.8 Å². The Bertz CT molecular complexity index is 314. The van der Waals surface area contributed by atoms with E-state index in [2.05, 4.69) is 28.8 Å². The van der Waals surface area contributed by atoms with Crippen LogP contribution in [0.15, 0.2) is 24.8 Å². The highest BCUT2D eigenvalue weighted by atomic mass is 35.5. The maximum Gasteiger partial charge on any atom is 0.355 e. The summed E-state index contributed by atoms with van der Waals surface area (Å²) in [5.41, 5.74) is 0. The predicted octanol–water partition coefficient (Wildman–Crippen LogP) is 1.67. The third-order valence-electron chi connectivity index (χ3n) is 1.09. The molecule has 0 aromatic rings. The van der Waals surface area contributed by atoms with E-state index < -0.39 is 35.0 Å². The summed E-state index contributed by atoms with van der Waals surface area (Å²) >= 11 is 4.62. The zero-order chi connectivity index (χ0) is 11.4. The molecule has 0 aromatic heterocycles. The summed E-state index contributed by atoms with van der Waals surface area (Å²) in [5.74, 6) is -1.94. The summed E-state index contributed by atoms with van der Waals surface area (Å²) in [6.45, 7) is 4.18. The van der Waals surface area contributed by atoms with Gasteiger partial charge in [-0.2, -0.15) is 12.7 Å². The highest BCUT2D eigenvalue weighted by Crippen LogP contribution is 2.11. The molecule has 0 N–H and O–H groups in total. The molecule has 0 spiro atoms. The van der Waals surface area contributed by atoms with Crippen molar-refractivity contribution in [2.24, 2.45) is 0 Å². The lowest BCUT2D eigenvalue weighted by atomic mass is 10.5. The van der Waals surface area contributed by atoms with Gasteiger partial charge >= 0.3 is 10.3 Å². The second-order valence-corrected chi connectivity index (χ2v) is 4.20. The van der Waals surface area contributed by atoms with Crippen molar-refractivity contribution in [3.63, 3.8) is 0 Å². The lowest BCUT2D eigenvalue weighted by molar-refractivity contribution is 0.361. The van der Waals surface area contributed by atoms with Crippen molar-refractivity contribution in [2.75, 3.05) is 13.1 Å². The largest absolute Gasteiger partial charge is 0.355 e. The summed E-state index contributed by atoms with van der Waals surface area (Å²) in [5, 5.41) is 0. The summed E-state index contributed by atoms with van der Waals surface area (Å²) in [6.07, 6.45) is 0. The summed E-state index contributed by atoms with van der Waals surface area (Å²) in [7, 11) is -4.35. The van der Waals surface area contributed by atoms with Gasteiger partial charge in [0.15, 0.2) is 0 Å². The van der Waals surface area contributed by atoms with Crippen molar-refractivity contribution in [1.29, 1.82) is 0 Å². The molecule has 8 heteroatoms. The second-order valence-electron chi connectivity index (χ2n) is 2.32. The van der Waals surface area contributed by atoms with Gasteiger partial charge in [0.05, 0.1) is 25.0 Å². The number of nitrogens with zero attached hydrogens (tertiary/aromatic N) is 1. The summed E-state index contributed by atoms with van der Waals surface area (Å²) in [4.78, 5) is 0. The Hall–Kier alpha value is -0.500. The minimum absolute atomic E-state index is 0.310. The molecule has 0 aliphatic rings. The zero-order valence-corrected chi connectivity index (χ0v) is 8.61. The molecule has 0 fully saturated rings. The Morgan fingerprint density at radius 3 is 1.86 bits per heavy atom. The van der Waals surface area contributed by atoms with Crippen LogP contribution in [0.4, 0.5) is 8.78 Å². The third kappa shape index (κ3) is 4.66. The first kappa shape index (κ1) is 13.5. The van der Waals surface area contributed by atoms with Gasteiger partial charge in [0.1, 0.15) is 11.7 Å². The van der Waals surface area contributed by atoms with Crippen LogP contribution in [-0.4, -0.2) is 25.8 Å². The molecule has 0 rings (SSSR count). The monoisotopic (exact) mass is 247 g/mol. The molecule has 0 radical (unpaired) electrons. The molecule has 0 saturated heterocycles. The van der Waals surface area contributed by atoms with Gasteiger partial charge in [-0.25, -0.2) is 8.78 Å². The van der Waals surface area contributed by atoms with Gasteiger partial charge in [-0.15, -0.1) is 3.74 Å². The lowest BCUT2D eigenvalue weighted by Crippen LogP contribution is -2.33. The van der Waals surface area contributed by atoms with E-state index >= 15 is 0 Å². The first-order chi connectivity index (χ1) is 6.29. The minimum Gasteiger partial charge on any atom is -0.211 e. The van der Waals surface area contributed by atoms with E-state index in [9.17, 15) is 17.2 Å². The standard InChI is InChI=1S/C6H8ClF2NO3S/c1-5(8)3-10(4-6(2)9)14(11,12)13-7/h1-4H2. The SMILES string of the molecule is C=C(F)CN(CC(=C)F)S(=O)(=O)OCl. The van der Waals surface area contributed by atoms with Crippen molar-refractivity contribution >= 4 is 22.2 Å². The third-order valence-corrected chi connectivity index (χ3v) is 2.62. The molecule has 4 nitrogen and oxygen atoms in total. The molecule has 0 aliphatic carbocycles. The van der Waals surface area contributed by atoms with Crippen LogP contribution in [0.5, 0.6) is 0 Å². The number of halogens is 3. The first-order valence-corrected chi connectivity index (χ1v) is 4.94. The second kappa shape index (κ2) is 5.40. The quantitative estimate of drug-likeness (QED) is 0.717. The van der Waals surface area contributed by atoms with Crippen LogP contribution in [0, 0.1) is 0 Å². The maximum atomic E-state index is 12.3. The van der Waals surface area contributed by atoms with Gasteiger partial charge in [0.25, 0.3) is 0 Å². The number of hydrogen-bond acceptors (Lipinski definition) is 3. The summed E-state index contributed by atoms with van der Waals surface area (Å²) < 4.78 is 50.4. The fourth-order valence-corrected chi connectivity index (χ4v) is 1.55. The van der Waals surface area contributed by atoms with E-state index in [1.807, 2.05) is 0 Å². The molecule has 0 bridgehead atoms. The van der Waals surface area contributed by atoms with Crippen LogP contribution < -0.4 is 0 Å². The molecule has 14 heavy (non-hydrogen) atoms. The van der Waals surface area contributed by atoms with Gasteiger partial charge in [0.2, 0.25) is 0 Å². The van der Waals surface area contributed by atoms with Gasteiger partial charge in [-0.1, -0.05) is 13.2 Å². The highest BCUT2D eigenvalue weighted by molar-refractivity contribution is 7.85. The molecule has 0 saturated carbocycles. The molecule has 0 unspecified atom stereocenters. The Labute approximate surface area is 85.8 Å². The Kier molecular flexibility index (Phi) is 5.21. The first-order valence-electron chi connectivity index (χ1n) is 3.26. The molecule has 0 heterocycles. The Morgan fingerprint density at radius 2 is 1.64 bits per heavy atom. The summed E-state index contributed by atoms with van der Waals surface area (Å²) in [6, 6.07) is 0. The molecule has 0 amide bonds. The van der Waals surface area contributed by atoms with E-state index in [0.29, 0.717) is 4.31 Å². The van der Waals surface area contributed by atoms with Crippen molar-refractivity contribution in [3.8, 4) is 0 Å². The smallest absolute Gasteiger partial charge is 0.211 e. The van der Waals surface area contributed by atoms with E-state index in [1.54, 1.807) is 0 Å². The van der Waals surface area contributed by atoms with Crippen LogP contribution in [0.25, 0.3) is 0 Å².